The van der Waals surface area contributed by atoms with Crippen molar-refractivity contribution in [1.82, 2.24) is 0 Å². The molecule has 5 heteroatoms. The maximum atomic E-state index is 11.9. The van der Waals surface area contributed by atoms with Crippen LogP contribution in [0.5, 0.6) is 11.5 Å². The van der Waals surface area contributed by atoms with Gasteiger partial charge in [0.05, 0.1) is 7.11 Å². The Morgan fingerprint density at radius 2 is 1.44 bits per heavy atom. The Labute approximate surface area is 188 Å². The van der Waals surface area contributed by atoms with E-state index >= 15 is 0 Å². The molecule has 0 N–H and O–H groups in total. The molecule has 0 radical (unpaired) electrons. The molecule has 0 unspecified atom stereocenters. The molecule has 164 valence electrons. The Bertz CT molecular complexity index is 1110. The van der Waals surface area contributed by atoms with Crippen molar-refractivity contribution in [2.75, 3.05) is 13.7 Å². The molecule has 3 aromatic rings. The Morgan fingerprint density at radius 1 is 0.844 bits per heavy atom. The first-order valence-corrected chi connectivity index (χ1v) is 10.3. The van der Waals surface area contributed by atoms with E-state index in [2.05, 4.69) is 43.8 Å². The van der Waals surface area contributed by atoms with Crippen molar-refractivity contribution in [3.63, 3.8) is 0 Å². The van der Waals surface area contributed by atoms with Crippen molar-refractivity contribution in [3.05, 3.63) is 84.4 Å². The van der Waals surface area contributed by atoms with Gasteiger partial charge in [-0.15, -0.1) is 0 Å². The van der Waals surface area contributed by atoms with Gasteiger partial charge in [-0.3, -0.25) is 0 Å². The van der Waals surface area contributed by atoms with Crippen LogP contribution in [0.4, 0.5) is 0 Å². The van der Waals surface area contributed by atoms with Crippen molar-refractivity contribution in [2.24, 2.45) is 0 Å². The molecule has 0 aromatic heterocycles. The van der Waals surface area contributed by atoms with Crippen LogP contribution in [-0.2, 0) is 20.7 Å². The van der Waals surface area contributed by atoms with Crippen molar-refractivity contribution in [2.45, 2.75) is 20.3 Å². The van der Waals surface area contributed by atoms with Gasteiger partial charge in [0.25, 0.3) is 0 Å². The fourth-order valence-corrected chi connectivity index (χ4v) is 3.24. The molecule has 32 heavy (non-hydrogen) atoms. The highest BCUT2D eigenvalue weighted by Gasteiger charge is 2.11. The van der Waals surface area contributed by atoms with E-state index in [1.54, 1.807) is 19.2 Å². The molecule has 0 aliphatic heterocycles. The second-order valence-electron chi connectivity index (χ2n) is 7.31. The Balaban J connectivity index is 1.72. The number of methoxy groups -OCH3 is 1. The van der Waals surface area contributed by atoms with Crippen LogP contribution < -0.4 is 9.47 Å². The van der Waals surface area contributed by atoms with Crippen LogP contribution >= 0.6 is 0 Å². The average Bonchev–Trinajstić information content (AvgIpc) is 2.82. The van der Waals surface area contributed by atoms with Gasteiger partial charge in [-0.2, -0.15) is 0 Å². The molecule has 5 nitrogen and oxygen atoms in total. The van der Waals surface area contributed by atoms with Crippen LogP contribution in [0.25, 0.3) is 22.3 Å². The van der Waals surface area contributed by atoms with Crippen LogP contribution in [-0.4, -0.2) is 25.7 Å². The molecule has 0 atom stereocenters. The number of hydrogen-bond acceptors (Lipinski definition) is 5. The lowest BCUT2D eigenvalue weighted by molar-refractivity contribution is -0.150. The molecule has 3 aromatic carbocycles. The lowest BCUT2D eigenvalue weighted by Crippen LogP contribution is -2.18. The third-order valence-electron chi connectivity index (χ3n) is 4.98. The third-order valence-corrected chi connectivity index (χ3v) is 4.98. The van der Waals surface area contributed by atoms with Gasteiger partial charge in [0.2, 0.25) is 0 Å². The molecule has 0 fully saturated rings. The van der Waals surface area contributed by atoms with E-state index < -0.39 is 18.5 Å². The predicted molar refractivity (Wildman–Crippen MR) is 125 cm³/mol. The van der Waals surface area contributed by atoms with Gasteiger partial charge in [-0.25, -0.2) is 9.59 Å². The highest BCUT2D eigenvalue weighted by molar-refractivity contribution is 5.88. The highest BCUT2D eigenvalue weighted by Crippen LogP contribution is 2.31. The maximum absolute atomic E-state index is 11.9. The lowest BCUT2D eigenvalue weighted by Gasteiger charge is -2.12. The van der Waals surface area contributed by atoms with E-state index in [0.29, 0.717) is 5.75 Å². The second kappa shape index (κ2) is 10.4. The number of aryl methyl sites for hydroxylation is 1. The summed E-state index contributed by atoms with van der Waals surface area (Å²) in [7, 11) is 1.66. The van der Waals surface area contributed by atoms with Crippen molar-refractivity contribution in [3.8, 4) is 33.8 Å². The molecule has 0 aliphatic rings. The molecule has 0 bridgehead atoms. The Morgan fingerprint density at radius 3 is 2.03 bits per heavy atom. The lowest BCUT2D eigenvalue weighted by atomic mass is 9.93. The number of ether oxygens (including phenoxy) is 3. The average molecular weight is 431 g/mol. The minimum Gasteiger partial charge on any atom is -0.497 e. The molecule has 0 aliphatic carbocycles. The first-order chi connectivity index (χ1) is 15.4. The quantitative estimate of drug-likeness (QED) is 0.264. The SMILES string of the molecule is C=C(C)C(=O)OCC(=O)Oc1ccc(-c2ccc(-c3ccc(OC)cc3)c(CC)c2)cc1. The molecule has 0 saturated carbocycles. The van der Waals surface area contributed by atoms with E-state index in [9.17, 15) is 9.59 Å². The van der Waals surface area contributed by atoms with E-state index in [0.717, 1.165) is 28.9 Å². The highest BCUT2D eigenvalue weighted by atomic mass is 16.6. The number of benzene rings is 3. The summed E-state index contributed by atoms with van der Waals surface area (Å²) in [6.45, 7) is 6.66. The van der Waals surface area contributed by atoms with Crippen LogP contribution in [0.3, 0.4) is 0 Å². The van der Waals surface area contributed by atoms with Crippen molar-refractivity contribution >= 4 is 11.9 Å². The van der Waals surface area contributed by atoms with Gasteiger partial charge in [0.15, 0.2) is 6.61 Å². The fourth-order valence-electron chi connectivity index (χ4n) is 3.24. The summed E-state index contributed by atoms with van der Waals surface area (Å²) in [6, 6.07) is 21.6. The molecule has 0 heterocycles. The van der Waals surface area contributed by atoms with E-state index in [1.807, 2.05) is 24.3 Å². The summed E-state index contributed by atoms with van der Waals surface area (Å²) in [5.41, 5.74) is 5.88. The van der Waals surface area contributed by atoms with Crippen molar-refractivity contribution < 1.29 is 23.8 Å². The zero-order valence-electron chi connectivity index (χ0n) is 18.5. The number of esters is 2. The third kappa shape index (κ3) is 5.64. The standard InChI is InChI=1S/C27H26O5/c1-5-19-16-22(10-15-25(19)21-8-11-23(30-4)12-9-21)20-6-13-24(14-7-20)32-26(28)17-31-27(29)18(2)3/h6-16H,2,5,17H2,1,3-4H3. The molecule has 0 amide bonds. The van der Waals surface area contributed by atoms with E-state index in [1.165, 1.54) is 18.1 Å². The zero-order valence-corrected chi connectivity index (χ0v) is 18.5. The predicted octanol–water partition coefficient (Wildman–Crippen LogP) is 5.62. The molecular formula is C27H26O5. The molecule has 0 spiro atoms. The van der Waals surface area contributed by atoms with Gasteiger partial charge in [-0.1, -0.05) is 56.0 Å². The van der Waals surface area contributed by atoms with Crippen LogP contribution in [0.2, 0.25) is 0 Å². The Hall–Kier alpha value is -3.86. The van der Waals surface area contributed by atoms with Gasteiger partial charge in [0, 0.05) is 5.57 Å². The Kier molecular flexibility index (Phi) is 7.45. The summed E-state index contributed by atoms with van der Waals surface area (Å²) in [4.78, 5) is 23.2. The topological polar surface area (TPSA) is 61.8 Å². The summed E-state index contributed by atoms with van der Waals surface area (Å²) < 4.78 is 15.3. The fraction of sp³-hybridized carbons (Fsp3) is 0.185. The minimum atomic E-state index is -0.649. The van der Waals surface area contributed by atoms with Gasteiger partial charge >= 0.3 is 11.9 Å². The molecule has 0 saturated heterocycles. The van der Waals surface area contributed by atoms with E-state index in [4.69, 9.17) is 14.2 Å². The van der Waals surface area contributed by atoms with Crippen LogP contribution in [0.1, 0.15) is 19.4 Å². The van der Waals surface area contributed by atoms with E-state index in [-0.39, 0.29) is 5.57 Å². The first-order valence-electron chi connectivity index (χ1n) is 10.3. The van der Waals surface area contributed by atoms with Crippen LogP contribution in [0, 0.1) is 0 Å². The summed E-state index contributed by atoms with van der Waals surface area (Å²) in [6.07, 6.45) is 0.897. The normalized spacial score (nSPS) is 10.3. The monoisotopic (exact) mass is 430 g/mol. The smallest absolute Gasteiger partial charge is 0.349 e. The van der Waals surface area contributed by atoms with Gasteiger partial charge in [0.1, 0.15) is 11.5 Å². The number of hydrogen-bond donors (Lipinski definition) is 0. The molecular weight excluding hydrogens is 404 g/mol. The van der Waals surface area contributed by atoms with Crippen LogP contribution in [0.15, 0.2) is 78.9 Å². The van der Waals surface area contributed by atoms with Crippen molar-refractivity contribution in [1.29, 1.82) is 0 Å². The summed E-state index contributed by atoms with van der Waals surface area (Å²) >= 11 is 0. The minimum absolute atomic E-state index is 0.228. The first kappa shape index (κ1) is 22.8. The number of rotatable bonds is 8. The zero-order chi connectivity index (χ0) is 23.1. The summed E-state index contributed by atoms with van der Waals surface area (Å²) in [5, 5.41) is 0. The van der Waals surface area contributed by atoms with Gasteiger partial charge < -0.3 is 14.2 Å². The van der Waals surface area contributed by atoms with Gasteiger partial charge in [-0.05, 0) is 65.4 Å². The largest absolute Gasteiger partial charge is 0.497 e. The maximum Gasteiger partial charge on any atom is 0.349 e. The molecule has 3 rings (SSSR count). The number of carbonyl (C=O) groups excluding carboxylic acids is 2. The second-order valence-corrected chi connectivity index (χ2v) is 7.31. The number of carbonyl (C=O) groups is 2. The summed E-state index contributed by atoms with van der Waals surface area (Å²) in [5.74, 6) is -0.0551.